The number of rotatable bonds is 5. The van der Waals surface area contributed by atoms with Gasteiger partial charge in [0.1, 0.15) is 11.5 Å². The zero-order chi connectivity index (χ0) is 21.8. The number of hydrogen-bond donors (Lipinski definition) is 3. The number of fused-ring (bicyclic) bond motifs is 1. The predicted molar refractivity (Wildman–Crippen MR) is 123 cm³/mol. The van der Waals surface area contributed by atoms with E-state index in [4.69, 9.17) is 0 Å². The van der Waals surface area contributed by atoms with Gasteiger partial charge in [-0.05, 0) is 79.5 Å². The number of aromatic hydroxyl groups is 2. The van der Waals surface area contributed by atoms with Gasteiger partial charge in [0.05, 0.1) is 11.3 Å². The number of carbonyl (C=O) groups excluding carboxylic acids is 1. The Morgan fingerprint density at radius 1 is 0.968 bits per heavy atom. The lowest BCUT2D eigenvalue weighted by molar-refractivity contribution is 0.0952. The highest BCUT2D eigenvalue weighted by atomic mass is 16.3. The maximum absolute atomic E-state index is 12.6. The molecule has 3 aromatic rings. The zero-order valence-electron chi connectivity index (χ0n) is 17.6. The number of benzene rings is 3. The summed E-state index contributed by atoms with van der Waals surface area (Å²) >= 11 is 0. The summed E-state index contributed by atoms with van der Waals surface area (Å²) in [7, 11) is 0. The van der Waals surface area contributed by atoms with Crippen molar-refractivity contribution in [3.8, 4) is 11.5 Å². The first-order chi connectivity index (χ1) is 15.0. The molecule has 0 spiro atoms. The van der Waals surface area contributed by atoms with Crippen molar-refractivity contribution in [2.75, 3.05) is 13.1 Å². The number of likely N-dealkylation sites (tertiary alicyclic amines) is 1. The lowest BCUT2D eigenvalue weighted by atomic mass is 10.0. The van der Waals surface area contributed by atoms with E-state index < -0.39 is 5.91 Å². The van der Waals surface area contributed by atoms with E-state index in [-0.39, 0.29) is 17.1 Å². The first kappa shape index (κ1) is 20.9. The molecule has 1 aliphatic heterocycles. The largest absolute Gasteiger partial charge is 0.508 e. The number of nitrogens with zero attached hydrogens (tertiary/aromatic N) is 2. The molecular weight excluding hydrogens is 390 g/mol. The summed E-state index contributed by atoms with van der Waals surface area (Å²) in [4.78, 5) is 15.0. The van der Waals surface area contributed by atoms with Crippen LogP contribution < -0.4 is 5.43 Å². The molecule has 0 saturated carbocycles. The molecule has 3 N–H and O–H groups in total. The molecule has 0 bridgehead atoms. The molecule has 0 atom stereocenters. The maximum Gasteiger partial charge on any atom is 0.275 e. The van der Waals surface area contributed by atoms with Crippen LogP contribution in [0.2, 0.25) is 0 Å². The minimum Gasteiger partial charge on any atom is -0.508 e. The average molecular weight is 418 g/mol. The zero-order valence-corrected chi connectivity index (χ0v) is 17.6. The monoisotopic (exact) mass is 417 g/mol. The molecule has 31 heavy (non-hydrogen) atoms. The Kier molecular flexibility index (Phi) is 6.18. The van der Waals surface area contributed by atoms with Crippen molar-refractivity contribution >= 4 is 22.4 Å². The topological polar surface area (TPSA) is 85.2 Å². The van der Waals surface area contributed by atoms with Crippen LogP contribution in [0.15, 0.2) is 59.7 Å². The number of hydrogen-bond acceptors (Lipinski definition) is 5. The molecule has 1 saturated heterocycles. The Morgan fingerprint density at radius 2 is 1.68 bits per heavy atom. The highest BCUT2D eigenvalue weighted by Gasteiger charge is 2.15. The Balaban J connectivity index is 1.50. The summed E-state index contributed by atoms with van der Waals surface area (Å²) in [5, 5.41) is 26.5. The molecule has 0 unspecified atom stereocenters. The van der Waals surface area contributed by atoms with Gasteiger partial charge in [-0.3, -0.25) is 9.69 Å². The molecule has 1 amide bonds. The van der Waals surface area contributed by atoms with Crippen molar-refractivity contribution in [2.45, 2.75) is 32.7 Å². The highest BCUT2D eigenvalue weighted by molar-refractivity contribution is 6.03. The fourth-order valence-corrected chi connectivity index (χ4v) is 3.97. The van der Waals surface area contributed by atoms with Gasteiger partial charge in [-0.15, -0.1) is 0 Å². The third-order valence-electron chi connectivity index (χ3n) is 5.77. The molecule has 4 rings (SSSR count). The van der Waals surface area contributed by atoms with Crippen molar-refractivity contribution < 1.29 is 15.0 Å². The molecule has 1 heterocycles. The van der Waals surface area contributed by atoms with Gasteiger partial charge in [0.2, 0.25) is 0 Å². The van der Waals surface area contributed by atoms with E-state index in [1.807, 2.05) is 30.3 Å². The molecule has 1 aliphatic rings. The summed E-state index contributed by atoms with van der Waals surface area (Å²) < 4.78 is 0. The number of carbonyl (C=O) groups is 1. The summed E-state index contributed by atoms with van der Waals surface area (Å²) in [6.07, 6.45) is 3.64. The first-order valence-corrected chi connectivity index (χ1v) is 10.6. The second-order valence-corrected chi connectivity index (χ2v) is 8.03. The van der Waals surface area contributed by atoms with E-state index in [0.29, 0.717) is 12.3 Å². The van der Waals surface area contributed by atoms with E-state index in [1.165, 1.54) is 19.3 Å². The molecule has 0 aromatic heterocycles. The van der Waals surface area contributed by atoms with E-state index in [2.05, 4.69) is 15.4 Å². The minimum absolute atomic E-state index is 0.0856. The van der Waals surface area contributed by atoms with Crippen LogP contribution in [-0.2, 0) is 6.54 Å². The Morgan fingerprint density at radius 3 is 2.42 bits per heavy atom. The van der Waals surface area contributed by atoms with E-state index in [9.17, 15) is 15.0 Å². The van der Waals surface area contributed by atoms with Crippen molar-refractivity contribution in [1.82, 2.24) is 10.3 Å². The van der Waals surface area contributed by atoms with Crippen LogP contribution in [0.3, 0.4) is 0 Å². The van der Waals surface area contributed by atoms with Gasteiger partial charge in [-0.2, -0.15) is 5.10 Å². The fourth-order valence-electron chi connectivity index (χ4n) is 3.97. The van der Waals surface area contributed by atoms with E-state index in [0.717, 1.165) is 35.0 Å². The summed E-state index contributed by atoms with van der Waals surface area (Å²) in [6.45, 7) is 4.59. The Hall–Kier alpha value is -3.38. The van der Waals surface area contributed by atoms with Crippen LogP contribution >= 0.6 is 0 Å². The normalized spacial score (nSPS) is 15.2. The quantitative estimate of drug-likeness (QED) is 0.425. The molecule has 6 nitrogen and oxygen atoms in total. The van der Waals surface area contributed by atoms with Crippen molar-refractivity contribution in [3.63, 3.8) is 0 Å². The van der Waals surface area contributed by atoms with Gasteiger partial charge < -0.3 is 10.2 Å². The summed E-state index contributed by atoms with van der Waals surface area (Å²) in [6, 6.07) is 16.1. The number of amides is 1. The fraction of sp³-hybridized carbons (Fsp3) is 0.280. The minimum atomic E-state index is -0.477. The molecule has 0 radical (unpaired) electrons. The lowest BCUT2D eigenvalue weighted by Gasteiger charge is -2.26. The van der Waals surface area contributed by atoms with Crippen LogP contribution in [0.5, 0.6) is 11.5 Å². The molecule has 1 fully saturated rings. The molecule has 0 aliphatic carbocycles. The van der Waals surface area contributed by atoms with E-state index in [1.54, 1.807) is 31.2 Å². The summed E-state index contributed by atoms with van der Waals surface area (Å²) in [5.41, 5.74) is 5.01. The van der Waals surface area contributed by atoms with Crippen LogP contribution in [0, 0.1) is 0 Å². The summed E-state index contributed by atoms with van der Waals surface area (Å²) in [5.74, 6) is -0.292. The highest BCUT2D eigenvalue weighted by Crippen LogP contribution is 2.25. The Bertz CT molecular complexity index is 1130. The number of phenolic OH excluding ortho intramolecular Hbond substituents is 2. The third kappa shape index (κ3) is 4.86. The van der Waals surface area contributed by atoms with Gasteiger partial charge in [0.25, 0.3) is 5.91 Å². The first-order valence-electron chi connectivity index (χ1n) is 10.6. The van der Waals surface area contributed by atoms with Gasteiger partial charge in [0, 0.05) is 12.1 Å². The number of hydrazone groups is 1. The van der Waals surface area contributed by atoms with Crippen LogP contribution in [-0.4, -0.2) is 39.8 Å². The van der Waals surface area contributed by atoms with Gasteiger partial charge in [0.15, 0.2) is 0 Å². The predicted octanol–water partition coefficient (Wildman–Crippen LogP) is 4.39. The average Bonchev–Trinajstić information content (AvgIpc) is 2.79. The molecule has 160 valence electrons. The van der Waals surface area contributed by atoms with E-state index >= 15 is 0 Å². The van der Waals surface area contributed by atoms with Gasteiger partial charge >= 0.3 is 0 Å². The van der Waals surface area contributed by atoms with Crippen LogP contribution in [0.25, 0.3) is 10.8 Å². The number of nitrogens with one attached hydrogen (secondary N) is 1. The maximum atomic E-state index is 12.6. The standard InChI is InChI=1S/C25H27N3O3/c1-17(18-9-10-23(29)21(13-18)16-28-11-5-2-6-12-28)26-27-25(31)22-14-19-7-3-4-8-20(19)15-24(22)30/h3-4,7-10,13-15,29-30H,2,5-6,11-12,16H2,1H3,(H,27,31)/b26-17+. The number of piperidine rings is 1. The van der Waals surface area contributed by atoms with Gasteiger partial charge in [-0.1, -0.05) is 30.7 Å². The van der Waals surface area contributed by atoms with Gasteiger partial charge in [-0.25, -0.2) is 5.43 Å². The second kappa shape index (κ2) is 9.18. The molecule has 3 aromatic carbocycles. The Labute approximate surface area is 181 Å². The van der Waals surface area contributed by atoms with Crippen LogP contribution in [0.1, 0.15) is 47.7 Å². The van der Waals surface area contributed by atoms with Crippen LogP contribution in [0.4, 0.5) is 0 Å². The van der Waals surface area contributed by atoms with Crippen molar-refractivity contribution in [3.05, 3.63) is 71.3 Å². The van der Waals surface area contributed by atoms with Crippen molar-refractivity contribution in [1.29, 1.82) is 0 Å². The van der Waals surface area contributed by atoms with Crippen molar-refractivity contribution in [2.24, 2.45) is 5.10 Å². The smallest absolute Gasteiger partial charge is 0.275 e. The molecular formula is C25H27N3O3. The lowest BCUT2D eigenvalue weighted by Crippen LogP contribution is -2.29. The SMILES string of the molecule is C/C(=N\NC(=O)c1cc2ccccc2cc1O)c1ccc(O)c(CN2CCCCC2)c1. The number of phenols is 2. The third-order valence-corrected chi connectivity index (χ3v) is 5.77. The second-order valence-electron chi connectivity index (χ2n) is 8.03. The molecule has 6 heteroatoms.